The maximum absolute atomic E-state index is 8.88. The maximum atomic E-state index is 8.88. The van der Waals surface area contributed by atoms with Crippen molar-refractivity contribution in [3.63, 3.8) is 0 Å². The van der Waals surface area contributed by atoms with Gasteiger partial charge >= 0.3 is 0 Å². The molecule has 1 nitrogen and oxygen atoms in total. The Balaban J connectivity index is 4.36. The zero-order chi connectivity index (χ0) is 10.7. The fraction of sp³-hybridized carbons (Fsp3) is 0.818. The average Bonchev–Trinajstić information content (AvgIpc) is 1.98. The van der Waals surface area contributed by atoms with Crippen molar-refractivity contribution in [1.29, 1.82) is 0 Å². The molecule has 78 valence electrons. The van der Waals surface area contributed by atoms with Crippen LogP contribution in [0.3, 0.4) is 0 Å². The molecule has 0 aromatic heterocycles. The molecule has 0 aliphatic heterocycles. The van der Waals surface area contributed by atoms with Crippen molar-refractivity contribution in [3.05, 3.63) is 11.6 Å². The van der Waals surface area contributed by atoms with Crippen LogP contribution in [-0.4, -0.2) is 19.8 Å². The van der Waals surface area contributed by atoms with Crippen LogP contribution in [0, 0.1) is 0 Å². The van der Waals surface area contributed by atoms with Crippen LogP contribution in [0.4, 0.5) is 0 Å². The van der Waals surface area contributed by atoms with Crippen LogP contribution in [0.15, 0.2) is 11.6 Å². The first-order valence-corrected chi connectivity index (χ1v) is 8.18. The van der Waals surface area contributed by atoms with Gasteiger partial charge in [0.25, 0.3) is 0 Å². The third-order valence-electron chi connectivity index (χ3n) is 3.24. The third-order valence-corrected chi connectivity index (χ3v) is 8.53. The average molecular weight is 200 g/mol. The zero-order valence-corrected chi connectivity index (χ0v) is 10.9. The second-order valence-corrected chi connectivity index (χ2v) is 11.2. The van der Waals surface area contributed by atoms with Gasteiger partial charge in [-0.1, -0.05) is 45.5 Å². The van der Waals surface area contributed by atoms with Crippen LogP contribution in [-0.2, 0) is 0 Å². The Labute approximate surface area is 83.9 Å². The van der Waals surface area contributed by atoms with Crippen molar-refractivity contribution in [2.75, 3.05) is 6.61 Å². The van der Waals surface area contributed by atoms with Crippen LogP contribution in [0.5, 0.6) is 0 Å². The molecule has 0 unspecified atom stereocenters. The lowest BCUT2D eigenvalue weighted by molar-refractivity contribution is 0.331. The van der Waals surface area contributed by atoms with E-state index >= 15 is 0 Å². The molecule has 0 aromatic carbocycles. The molecule has 0 amide bonds. The van der Waals surface area contributed by atoms with Gasteiger partial charge in [0.2, 0.25) is 0 Å². The first-order valence-electron chi connectivity index (χ1n) is 4.97. The van der Waals surface area contributed by atoms with Gasteiger partial charge in [0.15, 0.2) is 0 Å². The van der Waals surface area contributed by atoms with E-state index in [0.29, 0.717) is 5.04 Å². The highest BCUT2D eigenvalue weighted by Crippen LogP contribution is 2.38. The minimum absolute atomic E-state index is 0.203. The molecule has 0 radical (unpaired) electrons. The van der Waals surface area contributed by atoms with Gasteiger partial charge in [0, 0.05) is 0 Å². The summed E-state index contributed by atoms with van der Waals surface area (Å²) in [5.74, 6) is 0. The van der Waals surface area contributed by atoms with Crippen LogP contribution in [0.1, 0.15) is 27.7 Å². The topological polar surface area (TPSA) is 20.2 Å². The highest BCUT2D eigenvalue weighted by atomic mass is 28.3. The predicted octanol–water partition coefficient (Wildman–Crippen LogP) is 3.43. The first kappa shape index (κ1) is 12.9. The van der Waals surface area contributed by atoms with Gasteiger partial charge in [-0.3, -0.25) is 0 Å². The van der Waals surface area contributed by atoms with E-state index in [2.05, 4.69) is 39.9 Å². The molecule has 0 aromatic rings. The molecule has 0 bridgehead atoms. The molecule has 0 saturated carbocycles. The summed E-state index contributed by atoms with van der Waals surface area (Å²) in [6.45, 7) is 14.0. The lowest BCUT2D eigenvalue weighted by Gasteiger charge is -2.36. The summed E-state index contributed by atoms with van der Waals surface area (Å²) in [6.07, 6.45) is 2.21. The highest BCUT2D eigenvalue weighted by molar-refractivity contribution is 6.80. The van der Waals surface area contributed by atoms with Gasteiger partial charge in [-0.25, -0.2) is 0 Å². The van der Waals surface area contributed by atoms with Crippen LogP contribution >= 0.6 is 0 Å². The van der Waals surface area contributed by atoms with E-state index in [1.54, 1.807) is 0 Å². The molecule has 0 heterocycles. The summed E-state index contributed by atoms with van der Waals surface area (Å²) in [5.41, 5.74) is 1.10. The van der Waals surface area contributed by atoms with Crippen molar-refractivity contribution < 1.29 is 5.11 Å². The first-order chi connectivity index (χ1) is 5.70. The largest absolute Gasteiger partial charge is 0.392 e. The maximum Gasteiger partial charge on any atom is 0.0638 e. The lowest BCUT2D eigenvalue weighted by atomic mass is 10.2. The van der Waals surface area contributed by atoms with E-state index in [9.17, 15) is 0 Å². The molecule has 13 heavy (non-hydrogen) atoms. The normalized spacial score (nSPS) is 14.8. The Bertz CT molecular complexity index is 187. The number of aliphatic hydroxyl groups excluding tert-OH is 1. The molecule has 0 spiro atoms. The number of aliphatic hydroxyl groups is 1. The predicted molar refractivity (Wildman–Crippen MR) is 62.8 cm³/mol. The molecule has 0 aliphatic rings. The van der Waals surface area contributed by atoms with Gasteiger partial charge in [0.05, 0.1) is 14.7 Å². The Hall–Kier alpha value is -0.0831. The summed E-state index contributed by atoms with van der Waals surface area (Å²) in [6, 6.07) is 1.17. The van der Waals surface area contributed by atoms with Crippen LogP contribution < -0.4 is 0 Å². The van der Waals surface area contributed by atoms with E-state index in [1.165, 1.54) is 6.04 Å². The lowest BCUT2D eigenvalue weighted by Crippen LogP contribution is -2.36. The Morgan fingerprint density at radius 3 is 2.08 bits per heavy atom. The molecule has 0 saturated heterocycles. The summed E-state index contributed by atoms with van der Waals surface area (Å²) in [4.78, 5) is 0. The molecular weight excluding hydrogens is 176 g/mol. The Morgan fingerprint density at radius 1 is 1.31 bits per heavy atom. The fourth-order valence-corrected chi connectivity index (χ4v) is 2.27. The zero-order valence-electron chi connectivity index (χ0n) is 9.94. The van der Waals surface area contributed by atoms with Gasteiger partial charge in [0.1, 0.15) is 0 Å². The van der Waals surface area contributed by atoms with Crippen LogP contribution in [0.25, 0.3) is 0 Å². The molecule has 1 N–H and O–H groups in total. The minimum atomic E-state index is -1.17. The quantitative estimate of drug-likeness (QED) is 0.546. The molecule has 0 fully saturated rings. The van der Waals surface area contributed by atoms with Crippen molar-refractivity contribution in [2.24, 2.45) is 0 Å². The number of allylic oxidation sites excluding steroid dienone is 1. The highest BCUT2D eigenvalue weighted by Gasteiger charge is 2.33. The molecular formula is C11H24OSi. The van der Waals surface area contributed by atoms with E-state index in [4.69, 9.17) is 5.11 Å². The Morgan fingerprint density at radius 2 is 1.77 bits per heavy atom. The fourth-order valence-electron chi connectivity index (χ4n) is 0.800. The molecule has 0 rings (SSSR count). The smallest absolute Gasteiger partial charge is 0.0638 e. The van der Waals surface area contributed by atoms with Gasteiger partial charge in [-0.2, -0.15) is 0 Å². The minimum Gasteiger partial charge on any atom is -0.392 e. The van der Waals surface area contributed by atoms with E-state index in [1.807, 2.05) is 6.92 Å². The van der Waals surface area contributed by atoms with Crippen LogP contribution in [0.2, 0.25) is 24.2 Å². The molecule has 2 heteroatoms. The summed E-state index contributed by atoms with van der Waals surface area (Å²) in [5, 5.41) is 9.33. The number of rotatable bonds is 3. The molecule has 0 aliphatic carbocycles. The van der Waals surface area contributed by atoms with Crippen molar-refractivity contribution in [1.82, 2.24) is 0 Å². The summed E-state index contributed by atoms with van der Waals surface area (Å²) in [7, 11) is -1.17. The van der Waals surface area contributed by atoms with E-state index in [0.717, 1.165) is 5.57 Å². The third kappa shape index (κ3) is 4.10. The molecule has 0 atom stereocenters. The second-order valence-electron chi connectivity index (χ2n) is 5.55. The monoisotopic (exact) mass is 200 g/mol. The van der Waals surface area contributed by atoms with E-state index in [-0.39, 0.29) is 6.61 Å². The second kappa shape index (κ2) is 4.42. The van der Waals surface area contributed by atoms with E-state index < -0.39 is 8.07 Å². The summed E-state index contributed by atoms with van der Waals surface area (Å²) < 4.78 is 0. The van der Waals surface area contributed by atoms with Crippen molar-refractivity contribution in [2.45, 2.75) is 51.9 Å². The number of hydrogen-bond acceptors (Lipinski definition) is 1. The van der Waals surface area contributed by atoms with Crippen molar-refractivity contribution in [3.8, 4) is 0 Å². The SMILES string of the molecule is C/C(=C\C[Si](C)(C)C(C)(C)C)CO. The standard InChI is InChI=1S/C11H24OSi/c1-10(9-12)7-8-13(5,6)11(2,3)4/h7,12H,8-9H2,1-6H3/b10-7+. The van der Waals surface area contributed by atoms with Gasteiger partial charge in [-0.05, 0) is 18.0 Å². The Kier molecular flexibility index (Phi) is 4.40. The van der Waals surface area contributed by atoms with Gasteiger partial charge in [-0.15, -0.1) is 0 Å². The van der Waals surface area contributed by atoms with Crippen molar-refractivity contribution >= 4 is 8.07 Å². The summed E-state index contributed by atoms with van der Waals surface area (Å²) >= 11 is 0. The van der Waals surface area contributed by atoms with Gasteiger partial charge < -0.3 is 5.11 Å². The number of hydrogen-bond donors (Lipinski definition) is 1.